The molecule has 178 valence electrons. The van der Waals surface area contributed by atoms with Gasteiger partial charge in [0.1, 0.15) is 17.1 Å². The second kappa shape index (κ2) is 9.00. The van der Waals surface area contributed by atoms with Crippen LogP contribution in [-0.4, -0.2) is 37.6 Å². The number of fused-ring (bicyclic) bond motifs is 3. The van der Waals surface area contributed by atoms with Gasteiger partial charge in [0.25, 0.3) is 0 Å². The zero-order valence-electron chi connectivity index (χ0n) is 19.1. The highest BCUT2D eigenvalue weighted by molar-refractivity contribution is 7.89. The first-order valence-corrected chi connectivity index (χ1v) is 13.1. The third kappa shape index (κ3) is 4.28. The quantitative estimate of drug-likeness (QED) is 0.302. The summed E-state index contributed by atoms with van der Waals surface area (Å²) in [5.74, 6) is 0.624. The Morgan fingerprint density at radius 1 is 1.03 bits per heavy atom. The number of furan rings is 1. The third-order valence-corrected chi connectivity index (χ3v) is 8.71. The number of hydrogen-bond acceptors (Lipinski definition) is 6. The van der Waals surface area contributed by atoms with Gasteiger partial charge in [0.2, 0.25) is 10.0 Å². The number of nitrogens with zero attached hydrogens (tertiary/aromatic N) is 1. The van der Waals surface area contributed by atoms with E-state index in [9.17, 15) is 18.0 Å². The van der Waals surface area contributed by atoms with Crippen molar-refractivity contribution in [2.75, 3.05) is 13.1 Å². The maximum Gasteiger partial charge on any atom is 0.314 e. The van der Waals surface area contributed by atoms with Gasteiger partial charge in [-0.25, -0.2) is 8.42 Å². The van der Waals surface area contributed by atoms with E-state index in [4.69, 9.17) is 9.15 Å². The maximum absolute atomic E-state index is 13.0. The van der Waals surface area contributed by atoms with Crippen LogP contribution >= 0.6 is 0 Å². The van der Waals surface area contributed by atoms with Crippen molar-refractivity contribution in [1.29, 1.82) is 0 Å². The van der Waals surface area contributed by atoms with Crippen LogP contribution in [0.25, 0.3) is 11.0 Å². The third-order valence-electron chi connectivity index (χ3n) is 6.81. The first kappa shape index (κ1) is 22.8. The van der Waals surface area contributed by atoms with Crippen LogP contribution in [0, 0.1) is 5.92 Å². The molecule has 8 heteroatoms. The van der Waals surface area contributed by atoms with Crippen molar-refractivity contribution in [1.82, 2.24) is 4.31 Å². The standard InChI is InChI=1S/C26H27NO6S/c1-17(28)19-5-4-6-21(15-19)34(30,31)27-13-11-18(12-14-27)26(29)32-20-9-10-25-23(16-20)22-7-2-3-8-24(22)33-25/h4-6,9-10,15-16,18H,2-3,7-8,11-14H2,1H3. The number of piperidine rings is 1. The molecule has 1 aromatic heterocycles. The number of hydrogen-bond donors (Lipinski definition) is 0. The van der Waals surface area contributed by atoms with Crippen molar-refractivity contribution in [3.63, 3.8) is 0 Å². The summed E-state index contributed by atoms with van der Waals surface area (Å²) in [6.07, 6.45) is 4.95. The van der Waals surface area contributed by atoms with Crippen molar-refractivity contribution < 1.29 is 27.2 Å². The van der Waals surface area contributed by atoms with E-state index in [-0.39, 0.29) is 35.7 Å². The number of benzene rings is 2. The predicted molar refractivity (Wildman–Crippen MR) is 126 cm³/mol. The Bertz CT molecular complexity index is 1370. The van der Waals surface area contributed by atoms with Crippen LogP contribution in [0.15, 0.2) is 51.8 Å². The Morgan fingerprint density at radius 3 is 2.56 bits per heavy atom. The average molecular weight is 482 g/mol. The van der Waals surface area contributed by atoms with E-state index in [1.165, 1.54) is 28.9 Å². The lowest BCUT2D eigenvalue weighted by Gasteiger charge is -2.30. The van der Waals surface area contributed by atoms with Gasteiger partial charge in [-0.1, -0.05) is 12.1 Å². The highest BCUT2D eigenvalue weighted by atomic mass is 32.2. The monoisotopic (exact) mass is 481 g/mol. The minimum atomic E-state index is -3.73. The number of ketones is 1. The molecule has 0 bridgehead atoms. The minimum absolute atomic E-state index is 0.0953. The number of carbonyl (C=O) groups excluding carboxylic acids is 2. The topological polar surface area (TPSA) is 93.9 Å². The second-order valence-corrected chi connectivity index (χ2v) is 11.0. The van der Waals surface area contributed by atoms with Gasteiger partial charge in [-0.2, -0.15) is 4.31 Å². The van der Waals surface area contributed by atoms with Crippen LogP contribution in [-0.2, 0) is 27.7 Å². The fraction of sp³-hybridized carbons (Fsp3) is 0.385. The molecule has 7 nitrogen and oxygen atoms in total. The predicted octanol–water partition coefficient (Wildman–Crippen LogP) is 4.52. The summed E-state index contributed by atoms with van der Waals surface area (Å²) in [7, 11) is -3.73. The molecule has 0 amide bonds. The fourth-order valence-electron chi connectivity index (χ4n) is 4.86. The smallest absolute Gasteiger partial charge is 0.314 e. The van der Waals surface area contributed by atoms with Gasteiger partial charge >= 0.3 is 5.97 Å². The fourth-order valence-corrected chi connectivity index (χ4v) is 6.38. The lowest BCUT2D eigenvalue weighted by molar-refractivity contribution is -0.140. The number of Topliss-reactive ketones (excluding diaryl/α,β-unsaturated/α-hetero) is 1. The van der Waals surface area contributed by atoms with Gasteiger partial charge < -0.3 is 9.15 Å². The van der Waals surface area contributed by atoms with Gasteiger partial charge in [-0.05, 0) is 69.4 Å². The zero-order chi connectivity index (χ0) is 23.9. The molecule has 0 spiro atoms. The summed E-state index contributed by atoms with van der Waals surface area (Å²) < 4.78 is 39.1. The van der Waals surface area contributed by atoms with Crippen molar-refractivity contribution in [2.45, 2.75) is 50.3 Å². The molecule has 0 saturated carbocycles. The highest BCUT2D eigenvalue weighted by Gasteiger charge is 2.33. The van der Waals surface area contributed by atoms with Gasteiger partial charge in [-0.15, -0.1) is 0 Å². The van der Waals surface area contributed by atoms with Gasteiger partial charge in [0, 0.05) is 36.0 Å². The van der Waals surface area contributed by atoms with Gasteiger partial charge in [-0.3, -0.25) is 9.59 Å². The average Bonchev–Trinajstić information content (AvgIpc) is 3.22. The Kier molecular flexibility index (Phi) is 6.04. The van der Waals surface area contributed by atoms with Crippen LogP contribution in [0.2, 0.25) is 0 Å². The van der Waals surface area contributed by atoms with E-state index in [1.54, 1.807) is 18.2 Å². The van der Waals surface area contributed by atoms with E-state index in [0.29, 0.717) is 24.2 Å². The number of carbonyl (C=O) groups is 2. The van der Waals surface area contributed by atoms with Gasteiger partial charge in [0.15, 0.2) is 5.78 Å². The van der Waals surface area contributed by atoms with E-state index >= 15 is 0 Å². The molecule has 1 aliphatic carbocycles. The molecule has 2 heterocycles. The largest absolute Gasteiger partial charge is 0.461 e. The summed E-state index contributed by atoms with van der Waals surface area (Å²) in [4.78, 5) is 24.6. The van der Waals surface area contributed by atoms with Crippen LogP contribution in [0.1, 0.15) is 54.3 Å². The molecule has 5 rings (SSSR count). The molecule has 2 aromatic carbocycles. The molecule has 0 N–H and O–H groups in total. The molecular weight excluding hydrogens is 454 g/mol. The molecule has 3 aromatic rings. The van der Waals surface area contributed by atoms with Crippen molar-refractivity contribution in [3.05, 3.63) is 59.4 Å². The van der Waals surface area contributed by atoms with Gasteiger partial charge in [0.05, 0.1) is 10.8 Å². The molecule has 34 heavy (non-hydrogen) atoms. The highest BCUT2D eigenvalue weighted by Crippen LogP contribution is 2.34. The number of ether oxygens (including phenoxy) is 1. The van der Waals surface area contributed by atoms with Crippen molar-refractivity contribution >= 4 is 32.7 Å². The minimum Gasteiger partial charge on any atom is -0.461 e. The molecule has 2 aliphatic rings. The van der Waals surface area contributed by atoms with Crippen LogP contribution < -0.4 is 4.74 Å². The molecule has 0 radical (unpaired) electrons. The van der Waals surface area contributed by atoms with Crippen molar-refractivity contribution in [3.8, 4) is 5.75 Å². The number of sulfonamides is 1. The molecule has 0 unspecified atom stereocenters. The van der Waals surface area contributed by atoms with E-state index < -0.39 is 10.0 Å². The number of aryl methyl sites for hydroxylation is 2. The summed E-state index contributed by atoms with van der Waals surface area (Å²) in [6, 6.07) is 11.5. The lowest BCUT2D eigenvalue weighted by Crippen LogP contribution is -2.41. The van der Waals surface area contributed by atoms with E-state index in [1.807, 2.05) is 12.1 Å². The summed E-state index contributed by atoms with van der Waals surface area (Å²) in [5, 5.41) is 1.01. The Hall–Kier alpha value is -2.97. The first-order chi connectivity index (χ1) is 16.3. The van der Waals surface area contributed by atoms with Crippen LogP contribution in [0.4, 0.5) is 0 Å². The zero-order valence-corrected chi connectivity index (χ0v) is 19.9. The Labute approximate surface area is 198 Å². The van der Waals surface area contributed by atoms with E-state index in [0.717, 1.165) is 42.4 Å². The molecule has 1 fully saturated rings. The number of rotatable bonds is 5. The Balaban J connectivity index is 1.25. The SMILES string of the molecule is CC(=O)c1cccc(S(=O)(=O)N2CCC(C(=O)Oc3ccc4oc5c(c4c3)CCCC5)CC2)c1. The molecule has 1 saturated heterocycles. The van der Waals surface area contributed by atoms with Crippen molar-refractivity contribution in [2.24, 2.45) is 5.92 Å². The normalized spacial score (nSPS) is 17.4. The first-order valence-electron chi connectivity index (χ1n) is 11.7. The second-order valence-electron chi connectivity index (χ2n) is 9.05. The summed E-state index contributed by atoms with van der Waals surface area (Å²) in [5.41, 5.74) is 2.39. The molecular formula is C26H27NO6S. The van der Waals surface area contributed by atoms with Crippen LogP contribution in [0.3, 0.4) is 0 Å². The molecule has 0 atom stereocenters. The summed E-state index contributed by atoms with van der Waals surface area (Å²) in [6.45, 7) is 1.85. The lowest BCUT2D eigenvalue weighted by atomic mass is 9.96. The van der Waals surface area contributed by atoms with Crippen LogP contribution in [0.5, 0.6) is 5.75 Å². The summed E-state index contributed by atoms with van der Waals surface area (Å²) >= 11 is 0. The maximum atomic E-state index is 13.0. The number of esters is 1. The Morgan fingerprint density at radius 2 is 1.79 bits per heavy atom. The molecule has 1 aliphatic heterocycles. The van der Waals surface area contributed by atoms with E-state index in [2.05, 4.69) is 0 Å².